The molecule has 0 unspecified atom stereocenters. The Hall–Kier alpha value is -6.74. The first-order valence-electron chi connectivity index (χ1n) is 20.5. The van der Waals surface area contributed by atoms with E-state index in [4.69, 9.17) is 19.9 Å². The van der Waals surface area contributed by atoms with Gasteiger partial charge in [-0.3, -0.25) is 28.3 Å². The SMILES string of the molecule is COc1ccc(CNC(=O)c2c(Oc3c(C)cccc3C)cc(=O)n(C)c2Nc2ccc(I)cc2F)cc1.Cc1cccc(C)c1Oc1cc(=O)n(C)c(Nc2ccc(I)cc2F)c1C(N)=O. The van der Waals surface area contributed by atoms with Gasteiger partial charge in [0.1, 0.15) is 63.1 Å². The van der Waals surface area contributed by atoms with Gasteiger partial charge in [-0.25, -0.2) is 8.78 Å². The van der Waals surface area contributed by atoms with Crippen LogP contribution in [0.2, 0.25) is 0 Å². The number of amides is 2. The van der Waals surface area contributed by atoms with Crippen molar-refractivity contribution in [2.45, 2.75) is 34.2 Å². The number of hydrogen-bond donors (Lipinski definition) is 4. The Morgan fingerprint density at radius 1 is 0.627 bits per heavy atom. The summed E-state index contributed by atoms with van der Waals surface area (Å²) < 4.78 is 50.4. The van der Waals surface area contributed by atoms with E-state index in [2.05, 4.69) is 16.0 Å². The van der Waals surface area contributed by atoms with Crippen molar-refractivity contribution in [3.63, 3.8) is 0 Å². The van der Waals surface area contributed by atoms with Gasteiger partial charge >= 0.3 is 0 Å². The van der Waals surface area contributed by atoms with Gasteiger partial charge in [0.05, 0.1) is 18.5 Å². The van der Waals surface area contributed by atoms with Gasteiger partial charge in [0.15, 0.2) is 0 Å². The highest BCUT2D eigenvalue weighted by Crippen LogP contribution is 2.36. The quantitative estimate of drug-likeness (QED) is 0.0822. The number of methoxy groups -OCH3 is 1. The van der Waals surface area contributed by atoms with E-state index in [1.807, 2.05) is 121 Å². The average molecular weight is 1130 g/mol. The summed E-state index contributed by atoms with van der Waals surface area (Å²) in [4.78, 5) is 51.4. The molecule has 7 aromatic rings. The number of hydrogen-bond acceptors (Lipinski definition) is 9. The second kappa shape index (κ2) is 21.7. The molecule has 0 aliphatic carbocycles. The molecule has 5 N–H and O–H groups in total. The summed E-state index contributed by atoms with van der Waals surface area (Å²) >= 11 is 4.00. The van der Waals surface area contributed by atoms with Crippen LogP contribution in [0.5, 0.6) is 28.7 Å². The summed E-state index contributed by atoms with van der Waals surface area (Å²) in [6, 6.07) is 30.2. The number of pyridine rings is 2. The lowest BCUT2D eigenvalue weighted by Gasteiger charge is -2.20. The Morgan fingerprint density at radius 2 is 1.04 bits per heavy atom. The monoisotopic (exact) mass is 1130 g/mol. The summed E-state index contributed by atoms with van der Waals surface area (Å²) in [6.45, 7) is 7.69. The summed E-state index contributed by atoms with van der Waals surface area (Å²) in [5.74, 6) is -0.369. The number of carbonyl (C=O) groups is 2. The molecule has 2 aromatic heterocycles. The van der Waals surface area contributed by atoms with Crippen molar-refractivity contribution in [3.8, 4) is 28.7 Å². The Bertz CT molecular complexity index is 3100. The fraction of sp³-hybridized carbons (Fsp3) is 0.160. The Morgan fingerprint density at radius 3 is 1.45 bits per heavy atom. The third-order valence-corrected chi connectivity index (χ3v) is 11.8. The molecule has 0 saturated heterocycles. The third kappa shape index (κ3) is 11.8. The van der Waals surface area contributed by atoms with Gasteiger partial charge in [0, 0.05) is 39.9 Å². The number of benzene rings is 5. The highest BCUT2D eigenvalue weighted by atomic mass is 127. The zero-order valence-corrected chi connectivity index (χ0v) is 41.8. The Kier molecular flexibility index (Phi) is 16.1. The predicted molar refractivity (Wildman–Crippen MR) is 273 cm³/mol. The zero-order chi connectivity index (χ0) is 48.7. The molecule has 67 heavy (non-hydrogen) atoms. The maximum Gasteiger partial charge on any atom is 0.259 e. The fourth-order valence-electron chi connectivity index (χ4n) is 6.85. The third-order valence-electron chi connectivity index (χ3n) is 10.5. The molecule has 7 rings (SSSR count). The lowest BCUT2D eigenvalue weighted by atomic mass is 10.1. The number of anilines is 4. The summed E-state index contributed by atoms with van der Waals surface area (Å²) in [5, 5.41) is 8.67. The molecule has 2 amide bonds. The molecule has 0 spiro atoms. The average Bonchev–Trinajstić information content (AvgIpc) is 3.28. The van der Waals surface area contributed by atoms with Crippen LogP contribution in [0, 0.1) is 46.5 Å². The van der Waals surface area contributed by atoms with Gasteiger partial charge < -0.3 is 35.9 Å². The smallest absolute Gasteiger partial charge is 0.259 e. The first-order chi connectivity index (χ1) is 31.9. The molecule has 0 radical (unpaired) electrons. The molecule has 2 heterocycles. The lowest BCUT2D eigenvalue weighted by Crippen LogP contribution is -2.29. The molecule has 17 heteroatoms. The van der Waals surface area contributed by atoms with E-state index in [0.29, 0.717) is 24.4 Å². The minimum Gasteiger partial charge on any atom is -0.497 e. The van der Waals surface area contributed by atoms with E-state index in [-0.39, 0.29) is 52.2 Å². The van der Waals surface area contributed by atoms with Crippen LogP contribution in [0.4, 0.5) is 31.8 Å². The Labute approximate surface area is 412 Å². The number of aromatic nitrogens is 2. The second-order valence-electron chi connectivity index (χ2n) is 15.3. The van der Waals surface area contributed by atoms with Crippen LogP contribution in [-0.4, -0.2) is 28.1 Å². The zero-order valence-electron chi connectivity index (χ0n) is 37.4. The summed E-state index contributed by atoms with van der Waals surface area (Å²) in [6.07, 6.45) is 0. The van der Waals surface area contributed by atoms with Gasteiger partial charge in [-0.15, -0.1) is 0 Å². The van der Waals surface area contributed by atoms with Crippen LogP contribution in [0.25, 0.3) is 0 Å². The van der Waals surface area contributed by atoms with Crippen molar-refractivity contribution in [1.29, 1.82) is 0 Å². The number of rotatable bonds is 13. The molecule has 0 fully saturated rings. The molecule has 5 aromatic carbocycles. The first-order valence-corrected chi connectivity index (χ1v) is 22.6. The van der Waals surface area contributed by atoms with E-state index in [9.17, 15) is 28.0 Å². The summed E-state index contributed by atoms with van der Waals surface area (Å²) in [5.41, 5.74) is 9.19. The van der Waals surface area contributed by atoms with Gasteiger partial charge in [-0.05, 0) is 149 Å². The van der Waals surface area contributed by atoms with Gasteiger partial charge in [-0.1, -0.05) is 48.5 Å². The molecule has 0 saturated carbocycles. The summed E-state index contributed by atoms with van der Waals surface area (Å²) in [7, 11) is 4.56. The second-order valence-corrected chi connectivity index (χ2v) is 17.8. The van der Waals surface area contributed by atoms with Crippen molar-refractivity contribution in [3.05, 3.63) is 188 Å². The van der Waals surface area contributed by atoms with E-state index >= 15 is 0 Å². The molecule has 13 nitrogen and oxygen atoms in total. The number of nitrogens with two attached hydrogens (primary N) is 1. The lowest BCUT2D eigenvalue weighted by molar-refractivity contribution is 0.0947. The number of nitrogens with one attached hydrogen (secondary N) is 3. The number of aryl methyl sites for hydroxylation is 4. The molecule has 0 atom stereocenters. The number of primary amides is 1. The maximum atomic E-state index is 14.8. The van der Waals surface area contributed by atoms with Gasteiger partial charge in [0.25, 0.3) is 22.9 Å². The van der Waals surface area contributed by atoms with Crippen molar-refractivity contribution in [2.24, 2.45) is 19.8 Å². The molecular formula is C50H46F2I2N6O7. The molecular weight excluding hydrogens is 1090 g/mol. The van der Waals surface area contributed by atoms with E-state index < -0.39 is 34.6 Å². The Balaban J connectivity index is 0.000000229. The number of halogens is 4. The van der Waals surface area contributed by atoms with Crippen LogP contribution in [0.15, 0.2) is 119 Å². The largest absolute Gasteiger partial charge is 0.497 e. The molecule has 0 aliphatic rings. The van der Waals surface area contributed by atoms with Crippen molar-refractivity contribution >= 4 is 80.0 Å². The van der Waals surface area contributed by atoms with Crippen LogP contribution in [0.1, 0.15) is 48.5 Å². The minimum absolute atomic E-state index is 0.00594. The minimum atomic E-state index is -0.810. The van der Waals surface area contributed by atoms with Crippen LogP contribution in [-0.2, 0) is 20.6 Å². The highest BCUT2D eigenvalue weighted by Gasteiger charge is 2.25. The van der Waals surface area contributed by atoms with Gasteiger partial charge in [-0.2, -0.15) is 0 Å². The van der Waals surface area contributed by atoms with Gasteiger partial charge in [0.2, 0.25) is 0 Å². The van der Waals surface area contributed by atoms with Crippen molar-refractivity contribution in [1.82, 2.24) is 14.5 Å². The number of carbonyl (C=O) groups excluding carboxylic acids is 2. The van der Waals surface area contributed by atoms with Crippen LogP contribution < -0.4 is 47.0 Å². The van der Waals surface area contributed by atoms with Crippen LogP contribution in [0.3, 0.4) is 0 Å². The topological polar surface area (TPSA) is 168 Å². The number of para-hydroxylation sites is 2. The van der Waals surface area contributed by atoms with Crippen molar-refractivity contribution in [2.75, 3.05) is 17.7 Å². The van der Waals surface area contributed by atoms with E-state index in [0.717, 1.165) is 27.8 Å². The fourth-order valence-corrected chi connectivity index (χ4v) is 7.76. The predicted octanol–water partition coefficient (Wildman–Crippen LogP) is 10.6. The number of ether oxygens (including phenoxy) is 3. The van der Waals surface area contributed by atoms with E-state index in [1.54, 1.807) is 37.4 Å². The molecule has 0 aliphatic heterocycles. The first kappa shape index (κ1) is 49.7. The van der Waals surface area contributed by atoms with Crippen molar-refractivity contribution < 1.29 is 32.6 Å². The van der Waals surface area contributed by atoms with E-state index in [1.165, 1.54) is 53.6 Å². The standard InChI is InChI=1S/C29H27FIN3O4.C21H19FIN3O3/c1-17-6-5-7-18(2)27(17)38-24-15-25(35)34(3)28(33-23-13-10-20(31)14-22(23)30)26(24)29(36)32-16-19-8-11-21(37-4)12-9-19;1-11-5-4-6-12(2)19(11)29-16-10-17(27)26(3)21(18(16)20(24)28)25-15-8-7-13(23)9-14(15)22/h5-15,33H,16H2,1-4H3,(H,32,36);4-10,25H,1-3H3,(H2,24,28). The highest BCUT2D eigenvalue weighted by molar-refractivity contribution is 14.1. The van der Waals surface area contributed by atoms with Crippen LogP contribution >= 0.6 is 45.2 Å². The normalized spacial score (nSPS) is 10.7. The molecule has 346 valence electrons. The maximum absolute atomic E-state index is 14.8. The number of nitrogens with zero attached hydrogens (tertiary/aromatic N) is 2. The molecule has 0 bridgehead atoms.